The summed E-state index contributed by atoms with van der Waals surface area (Å²) in [5.74, 6) is 0. The van der Waals surface area contributed by atoms with Gasteiger partial charge in [0.25, 0.3) is 6.71 Å². The lowest BCUT2D eigenvalue weighted by Gasteiger charge is -2.53. The average molecular weight is 928 g/mol. The van der Waals surface area contributed by atoms with Crippen LogP contribution in [0.25, 0.3) is 31.3 Å². The first kappa shape index (κ1) is 43.5. The number of benzene rings is 8. The van der Waals surface area contributed by atoms with E-state index in [9.17, 15) is 0 Å². The Morgan fingerprint density at radius 3 is 2.00 bits per heavy atom. The topological polar surface area (TPSA) is 9.72 Å². The Morgan fingerprint density at radius 1 is 0.543 bits per heavy atom. The van der Waals surface area contributed by atoms with Crippen LogP contribution in [0.3, 0.4) is 0 Å². The van der Waals surface area contributed by atoms with Gasteiger partial charge in [-0.2, -0.15) is 0 Å². The molecule has 0 amide bonds. The molecule has 2 atom stereocenters. The highest BCUT2D eigenvalue weighted by Gasteiger charge is 2.61. The van der Waals surface area contributed by atoms with Crippen LogP contribution in [0.1, 0.15) is 103 Å². The summed E-state index contributed by atoms with van der Waals surface area (Å²) in [6, 6.07) is 63.4. The first-order chi connectivity index (χ1) is 33.6. The standard InChI is InChI=1S/C65H62BN3S/c1-41-36-56-60-57(37-41)69-61-51(64(8)34-15-16-35-65(64,69)9)21-17-22-53(61)66(60)52-32-30-46(39-55(52)68(56)54-33-26-44(63(5,6)7)38-50(54)42-18-11-10-12-19-42)67(45-27-24-43(25-28-45)62(2,3)4)47-29-31-49-48-20-13-14-23-58(48)70-59(49)40-47/h10-14,17-33,36-40H,15-16,34-35H2,1-9H3. The van der Waals surface area contributed by atoms with Crippen molar-refractivity contribution in [3.05, 3.63) is 186 Å². The summed E-state index contributed by atoms with van der Waals surface area (Å²) >= 11 is 1.88. The highest BCUT2D eigenvalue weighted by molar-refractivity contribution is 7.25. The number of anilines is 8. The molecular formula is C65H62BN3S. The van der Waals surface area contributed by atoms with Gasteiger partial charge < -0.3 is 14.7 Å². The number of rotatable bonds is 5. The Bertz CT molecular complexity index is 3590. The number of hydrogen-bond donors (Lipinski definition) is 0. The van der Waals surface area contributed by atoms with E-state index in [0.717, 1.165) is 17.1 Å². The molecule has 3 aliphatic heterocycles. The van der Waals surface area contributed by atoms with Crippen molar-refractivity contribution in [1.29, 1.82) is 0 Å². The van der Waals surface area contributed by atoms with Gasteiger partial charge in [-0.05, 0) is 148 Å². The van der Waals surface area contributed by atoms with E-state index in [-0.39, 0.29) is 28.5 Å². The van der Waals surface area contributed by atoms with Crippen LogP contribution >= 0.6 is 11.3 Å². The summed E-state index contributed by atoms with van der Waals surface area (Å²) in [7, 11) is 0. The van der Waals surface area contributed by atoms with Crippen LogP contribution in [0, 0.1) is 6.92 Å². The van der Waals surface area contributed by atoms with Gasteiger partial charge in [-0.25, -0.2) is 0 Å². The summed E-state index contributed by atoms with van der Waals surface area (Å²) in [6.07, 6.45) is 4.92. The van der Waals surface area contributed by atoms with Crippen molar-refractivity contribution in [2.45, 2.75) is 110 Å². The minimum absolute atomic E-state index is 0.0273. The molecule has 4 heterocycles. The van der Waals surface area contributed by atoms with E-state index in [0.29, 0.717) is 0 Å². The van der Waals surface area contributed by atoms with E-state index in [1.165, 1.54) is 124 Å². The number of hydrogen-bond acceptors (Lipinski definition) is 4. The molecule has 1 saturated carbocycles. The third kappa shape index (κ3) is 6.26. The van der Waals surface area contributed by atoms with Gasteiger partial charge in [-0.15, -0.1) is 11.3 Å². The van der Waals surface area contributed by atoms with Crippen molar-refractivity contribution in [2.24, 2.45) is 0 Å². The molecule has 0 spiro atoms. The van der Waals surface area contributed by atoms with Crippen LogP contribution in [0.5, 0.6) is 0 Å². The van der Waals surface area contributed by atoms with Gasteiger partial charge in [0, 0.05) is 71.0 Å². The molecule has 0 bridgehead atoms. The highest BCUT2D eigenvalue weighted by Crippen LogP contribution is 2.62. The molecule has 1 aromatic heterocycles. The molecule has 5 heteroatoms. The van der Waals surface area contributed by atoms with Crippen molar-refractivity contribution in [3.8, 4) is 11.1 Å². The van der Waals surface area contributed by atoms with Crippen LogP contribution < -0.4 is 31.1 Å². The number of nitrogens with zero attached hydrogens (tertiary/aromatic N) is 3. The maximum Gasteiger partial charge on any atom is 0.252 e. The largest absolute Gasteiger partial charge is 0.335 e. The smallest absolute Gasteiger partial charge is 0.252 e. The second kappa shape index (κ2) is 15.2. The molecule has 346 valence electrons. The highest BCUT2D eigenvalue weighted by atomic mass is 32.1. The molecule has 0 saturated heterocycles. The van der Waals surface area contributed by atoms with Crippen molar-refractivity contribution >= 4 is 100 Å². The molecule has 1 fully saturated rings. The molecular weight excluding hydrogens is 866 g/mol. The summed E-state index contributed by atoms with van der Waals surface area (Å²) in [4.78, 5) is 8.02. The number of aryl methyl sites for hydroxylation is 1. The summed E-state index contributed by atoms with van der Waals surface area (Å²) < 4.78 is 2.62. The second-order valence-electron chi connectivity index (χ2n) is 23.4. The van der Waals surface area contributed by atoms with Gasteiger partial charge >= 0.3 is 0 Å². The Kier molecular flexibility index (Phi) is 9.45. The van der Waals surface area contributed by atoms with Crippen LogP contribution in [0.4, 0.5) is 45.5 Å². The molecule has 0 radical (unpaired) electrons. The van der Waals surface area contributed by atoms with Crippen LogP contribution in [-0.4, -0.2) is 12.3 Å². The van der Waals surface area contributed by atoms with E-state index < -0.39 is 0 Å². The van der Waals surface area contributed by atoms with E-state index in [2.05, 4.69) is 241 Å². The lowest BCUT2D eigenvalue weighted by atomic mass is 9.33. The molecule has 70 heavy (non-hydrogen) atoms. The molecule has 4 aliphatic rings. The lowest BCUT2D eigenvalue weighted by Crippen LogP contribution is -2.64. The third-order valence-electron chi connectivity index (χ3n) is 17.1. The molecule has 9 aromatic rings. The summed E-state index contributed by atoms with van der Waals surface area (Å²) in [5.41, 5.74) is 22.2. The first-order valence-corrected chi connectivity index (χ1v) is 26.5. The Balaban J connectivity index is 1.10. The molecule has 0 N–H and O–H groups in total. The zero-order valence-corrected chi connectivity index (χ0v) is 43.1. The fourth-order valence-electron chi connectivity index (χ4n) is 13.3. The normalized spacial score (nSPS) is 19.0. The summed E-state index contributed by atoms with van der Waals surface area (Å²) in [6.45, 7) is 21.5. The quantitative estimate of drug-likeness (QED) is 0.159. The van der Waals surface area contributed by atoms with E-state index >= 15 is 0 Å². The second-order valence-corrected chi connectivity index (χ2v) is 24.5. The zero-order chi connectivity index (χ0) is 48.1. The average Bonchev–Trinajstić information content (AvgIpc) is 3.82. The van der Waals surface area contributed by atoms with Gasteiger partial charge in [-0.3, -0.25) is 0 Å². The van der Waals surface area contributed by atoms with Crippen molar-refractivity contribution in [3.63, 3.8) is 0 Å². The maximum atomic E-state index is 2.85. The Morgan fingerprint density at radius 2 is 1.21 bits per heavy atom. The minimum Gasteiger partial charge on any atom is -0.335 e. The fraction of sp³-hybridized carbons (Fsp3) is 0.262. The monoisotopic (exact) mass is 927 g/mol. The lowest BCUT2D eigenvalue weighted by molar-refractivity contribution is 0.195. The van der Waals surface area contributed by atoms with E-state index in [1.807, 2.05) is 11.3 Å². The Hall–Kier alpha value is -6.56. The number of para-hydroxylation sites is 1. The predicted molar refractivity (Wildman–Crippen MR) is 304 cm³/mol. The Labute approximate surface area is 419 Å². The number of thiophene rings is 1. The summed E-state index contributed by atoms with van der Waals surface area (Å²) in [5, 5.41) is 2.63. The third-order valence-corrected chi connectivity index (χ3v) is 18.3. The van der Waals surface area contributed by atoms with Gasteiger partial charge in [0.05, 0.1) is 11.2 Å². The van der Waals surface area contributed by atoms with Crippen LogP contribution in [0.2, 0.25) is 0 Å². The molecule has 3 nitrogen and oxygen atoms in total. The first-order valence-electron chi connectivity index (χ1n) is 25.7. The van der Waals surface area contributed by atoms with Crippen molar-refractivity contribution in [1.82, 2.24) is 0 Å². The zero-order valence-electron chi connectivity index (χ0n) is 42.2. The SMILES string of the molecule is Cc1cc2c3c(c1)N1c4c(cccc4C4(C)CCCCC14C)B3c1ccc(N(c3ccc(C(C)(C)C)cc3)c3ccc4c(c3)sc3ccccc34)cc1N2c1ccc(C(C)(C)C)cc1-c1ccccc1. The van der Waals surface area contributed by atoms with Crippen molar-refractivity contribution < 1.29 is 0 Å². The molecule has 8 aromatic carbocycles. The van der Waals surface area contributed by atoms with Gasteiger partial charge in [0.2, 0.25) is 0 Å². The van der Waals surface area contributed by atoms with E-state index in [1.54, 1.807) is 0 Å². The predicted octanol–water partition coefficient (Wildman–Crippen LogP) is 16.4. The molecule has 1 aliphatic carbocycles. The number of fused-ring (bicyclic) bond motifs is 10. The van der Waals surface area contributed by atoms with Gasteiger partial charge in [-0.1, -0.05) is 158 Å². The molecule has 13 rings (SSSR count). The van der Waals surface area contributed by atoms with Crippen molar-refractivity contribution in [2.75, 3.05) is 14.7 Å². The van der Waals surface area contributed by atoms with E-state index in [4.69, 9.17) is 0 Å². The van der Waals surface area contributed by atoms with Gasteiger partial charge in [0.1, 0.15) is 0 Å². The maximum absolute atomic E-state index is 2.85. The fourth-order valence-corrected chi connectivity index (χ4v) is 14.4. The van der Waals surface area contributed by atoms with Crippen LogP contribution in [0.15, 0.2) is 164 Å². The molecule has 2 unspecified atom stereocenters. The minimum atomic E-state index is -0.0344. The van der Waals surface area contributed by atoms with Gasteiger partial charge in [0.15, 0.2) is 0 Å². The van der Waals surface area contributed by atoms with Crippen LogP contribution in [-0.2, 0) is 16.2 Å².